The van der Waals surface area contributed by atoms with E-state index in [1.54, 1.807) is 30.3 Å². The average molecular weight is 566 g/mol. The average Bonchev–Trinajstić information content (AvgIpc) is 2.86. The van der Waals surface area contributed by atoms with Gasteiger partial charge in [0.15, 0.2) is 0 Å². The first-order valence-corrected chi connectivity index (χ1v) is 13.4. The molecule has 11 heteroatoms. The summed E-state index contributed by atoms with van der Waals surface area (Å²) in [7, 11) is -4.26. The van der Waals surface area contributed by atoms with Crippen LogP contribution in [-0.4, -0.2) is 33.5 Å². The third-order valence-corrected chi connectivity index (χ3v) is 7.90. The summed E-state index contributed by atoms with van der Waals surface area (Å²) >= 11 is 6.09. The summed E-state index contributed by atoms with van der Waals surface area (Å²) in [6.45, 7) is -1.81. The number of nitrogens with zero attached hydrogens (tertiary/aromatic N) is 1. The van der Waals surface area contributed by atoms with E-state index in [4.69, 9.17) is 16.3 Å². The molecule has 1 unspecified atom stereocenters. The number of carbonyl (C=O) groups excluding carboxylic acids is 1. The molecular weight excluding hydrogens is 543 g/mol. The third-order valence-electron chi connectivity index (χ3n) is 5.79. The number of fused-ring (bicyclic) bond motifs is 1. The van der Waals surface area contributed by atoms with E-state index in [2.05, 4.69) is 4.74 Å². The van der Waals surface area contributed by atoms with Crippen molar-refractivity contribution in [1.29, 1.82) is 0 Å². The van der Waals surface area contributed by atoms with E-state index in [9.17, 15) is 26.4 Å². The number of Topliss-reactive ketones (excluding diaryl/α,β-unsaturated/α-hetero) is 1. The summed E-state index contributed by atoms with van der Waals surface area (Å²) in [5.74, 6) is -0.632. The lowest BCUT2D eigenvalue weighted by Crippen LogP contribution is -2.43. The number of rotatable bonds is 9. The minimum Gasteiger partial charge on any atom is -0.486 e. The molecule has 1 heterocycles. The first-order valence-electron chi connectivity index (χ1n) is 11.5. The van der Waals surface area contributed by atoms with Gasteiger partial charge in [-0.2, -0.15) is 8.78 Å². The zero-order valence-corrected chi connectivity index (χ0v) is 21.7. The number of ketones is 1. The van der Waals surface area contributed by atoms with Crippen LogP contribution in [0.25, 0.3) is 12.2 Å². The van der Waals surface area contributed by atoms with Gasteiger partial charge < -0.3 is 14.3 Å². The summed E-state index contributed by atoms with van der Waals surface area (Å²) < 4.78 is 78.6. The van der Waals surface area contributed by atoms with E-state index in [-0.39, 0.29) is 57.8 Å². The lowest BCUT2D eigenvalue weighted by atomic mass is 10.1. The lowest BCUT2D eigenvalue weighted by Gasteiger charge is -2.35. The fraction of sp³-hybridized carbons (Fsp3) is 0.222. The van der Waals surface area contributed by atoms with Crippen molar-refractivity contribution in [3.05, 3.63) is 82.6 Å². The molecule has 0 aliphatic carbocycles. The number of alkyl halides is 2. The van der Waals surface area contributed by atoms with Crippen LogP contribution < -0.4 is 13.8 Å². The molecule has 0 N–H and O–H groups in total. The predicted octanol–water partition coefficient (Wildman–Crippen LogP) is 6.58. The molecular formula is C27H23ClF3NO5S. The highest BCUT2D eigenvalue weighted by molar-refractivity contribution is 7.92. The molecule has 1 aliphatic heterocycles. The zero-order chi connectivity index (χ0) is 27.4. The van der Waals surface area contributed by atoms with Crippen molar-refractivity contribution in [3.63, 3.8) is 0 Å². The van der Waals surface area contributed by atoms with Gasteiger partial charge in [-0.05, 0) is 61.4 Å². The van der Waals surface area contributed by atoms with Crippen LogP contribution in [0.2, 0.25) is 5.02 Å². The summed E-state index contributed by atoms with van der Waals surface area (Å²) in [5.41, 5.74) is 0.905. The number of hydrogen-bond acceptors (Lipinski definition) is 5. The standard InChI is InChI=1S/C27H23ClF3NO5S/c1-17(33)8-11-20-16-32(38(34,35)21-5-2-4-19(15-21)37-27(30)31)25-14-18(10-13-26(25)36-20)9-12-22-23(28)6-3-7-24(22)29/h2-7,9-10,12-15,20,27H,8,11,16H2,1H3. The monoisotopic (exact) mass is 565 g/mol. The summed E-state index contributed by atoms with van der Waals surface area (Å²) in [6, 6.07) is 13.9. The Morgan fingerprint density at radius 3 is 2.63 bits per heavy atom. The van der Waals surface area contributed by atoms with Gasteiger partial charge in [0, 0.05) is 18.1 Å². The molecule has 0 saturated heterocycles. The highest BCUT2D eigenvalue weighted by Gasteiger charge is 2.35. The van der Waals surface area contributed by atoms with E-state index in [0.717, 1.165) is 10.4 Å². The zero-order valence-electron chi connectivity index (χ0n) is 20.1. The Balaban J connectivity index is 1.74. The summed E-state index contributed by atoms with van der Waals surface area (Å²) in [6.07, 6.45) is 2.90. The van der Waals surface area contributed by atoms with Gasteiger partial charge in [0.25, 0.3) is 10.0 Å². The van der Waals surface area contributed by atoms with Gasteiger partial charge in [0.05, 0.1) is 22.2 Å². The van der Waals surface area contributed by atoms with Crippen molar-refractivity contribution in [2.75, 3.05) is 10.8 Å². The van der Waals surface area contributed by atoms with Crippen molar-refractivity contribution < 1.29 is 35.9 Å². The Hall–Kier alpha value is -3.50. The Morgan fingerprint density at radius 2 is 1.92 bits per heavy atom. The number of sulfonamides is 1. The van der Waals surface area contributed by atoms with Crippen LogP contribution >= 0.6 is 11.6 Å². The molecule has 0 aromatic heterocycles. The maximum atomic E-state index is 14.2. The lowest BCUT2D eigenvalue weighted by molar-refractivity contribution is -0.117. The molecule has 1 aliphatic rings. The van der Waals surface area contributed by atoms with Gasteiger partial charge in [0.1, 0.15) is 29.2 Å². The Bertz CT molecular complexity index is 1460. The topological polar surface area (TPSA) is 72.9 Å². The van der Waals surface area contributed by atoms with Crippen LogP contribution in [-0.2, 0) is 14.8 Å². The summed E-state index contributed by atoms with van der Waals surface area (Å²) in [4.78, 5) is 11.3. The van der Waals surface area contributed by atoms with Crippen molar-refractivity contribution in [2.24, 2.45) is 0 Å². The molecule has 0 bridgehead atoms. The van der Waals surface area contributed by atoms with Crippen molar-refractivity contribution in [2.45, 2.75) is 37.4 Å². The quantitative estimate of drug-likeness (QED) is 0.274. The minimum absolute atomic E-state index is 0.0713. The normalized spacial score (nSPS) is 15.4. The second-order valence-corrected chi connectivity index (χ2v) is 10.8. The van der Waals surface area contributed by atoms with E-state index in [1.807, 2.05) is 0 Å². The van der Waals surface area contributed by atoms with Gasteiger partial charge >= 0.3 is 6.61 Å². The highest BCUT2D eigenvalue weighted by Crippen LogP contribution is 2.39. The van der Waals surface area contributed by atoms with Crippen LogP contribution in [0.5, 0.6) is 11.5 Å². The Labute approximate surface area is 223 Å². The van der Waals surface area contributed by atoms with E-state index in [1.165, 1.54) is 43.3 Å². The van der Waals surface area contributed by atoms with Crippen molar-refractivity contribution in [3.8, 4) is 11.5 Å². The fourth-order valence-corrected chi connectivity index (χ4v) is 5.72. The van der Waals surface area contributed by atoms with Gasteiger partial charge in [-0.15, -0.1) is 0 Å². The van der Waals surface area contributed by atoms with Crippen LogP contribution in [0.15, 0.2) is 65.6 Å². The molecule has 38 heavy (non-hydrogen) atoms. The Morgan fingerprint density at radius 1 is 1.16 bits per heavy atom. The number of halogens is 4. The second-order valence-electron chi connectivity index (χ2n) is 8.57. The molecule has 1 atom stereocenters. The number of benzene rings is 3. The van der Waals surface area contributed by atoms with E-state index in [0.29, 0.717) is 5.56 Å². The van der Waals surface area contributed by atoms with Crippen LogP contribution in [0.4, 0.5) is 18.9 Å². The smallest absolute Gasteiger partial charge is 0.387 e. The second kappa shape index (κ2) is 11.5. The van der Waals surface area contributed by atoms with Gasteiger partial charge in [-0.25, -0.2) is 12.8 Å². The fourth-order valence-electron chi connectivity index (χ4n) is 3.96. The summed E-state index contributed by atoms with van der Waals surface area (Å²) in [5, 5.41) is 0.214. The van der Waals surface area contributed by atoms with Crippen LogP contribution in [0, 0.1) is 5.82 Å². The van der Waals surface area contributed by atoms with Gasteiger partial charge in [-0.3, -0.25) is 4.31 Å². The van der Waals surface area contributed by atoms with Crippen molar-refractivity contribution in [1.82, 2.24) is 0 Å². The SMILES string of the molecule is CC(=O)CCC1CN(S(=O)(=O)c2cccc(OC(F)F)c2)c2cc(C=Cc3c(F)cccc3Cl)ccc2O1. The molecule has 0 fully saturated rings. The maximum absolute atomic E-state index is 14.2. The number of anilines is 1. The van der Waals surface area contributed by atoms with Crippen molar-refractivity contribution >= 4 is 45.2 Å². The molecule has 3 aromatic carbocycles. The largest absolute Gasteiger partial charge is 0.486 e. The maximum Gasteiger partial charge on any atom is 0.387 e. The molecule has 3 aromatic rings. The van der Waals surface area contributed by atoms with Crippen LogP contribution in [0.1, 0.15) is 30.9 Å². The third kappa shape index (κ3) is 6.31. The molecule has 6 nitrogen and oxygen atoms in total. The molecule has 0 amide bonds. The van der Waals surface area contributed by atoms with Gasteiger partial charge in [-0.1, -0.05) is 35.9 Å². The number of carbonyl (C=O) groups is 1. The molecule has 0 saturated carbocycles. The number of hydrogen-bond donors (Lipinski definition) is 0. The first kappa shape index (κ1) is 27.5. The molecule has 4 rings (SSSR count). The molecule has 200 valence electrons. The van der Waals surface area contributed by atoms with E-state index < -0.39 is 28.6 Å². The molecule has 0 radical (unpaired) electrons. The number of ether oxygens (including phenoxy) is 2. The van der Waals surface area contributed by atoms with Gasteiger partial charge in [0.2, 0.25) is 0 Å². The molecule has 0 spiro atoms. The van der Waals surface area contributed by atoms with Crippen LogP contribution in [0.3, 0.4) is 0 Å². The first-order chi connectivity index (χ1) is 18.0. The minimum atomic E-state index is -4.26. The highest BCUT2D eigenvalue weighted by atomic mass is 35.5. The van der Waals surface area contributed by atoms with E-state index >= 15 is 0 Å². The predicted molar refractivity (Wildman–Crippen MR) is 139 cm³/mol. The Kier molecular flexibility index (Phi) is 8.32.